The second kappa shape index (κ2) is 8.21. The highest BCUT2D eigenvalue weighted by Crippen LogP contribution is 2.17. The molecule has 1 saturated carbocycles. The Morgan fingerprint density at radius 3 is 2.55 bits per heavy atom. The third kappa shape index (κ3) is 5.09. The van der Waals surface area contributed by atoms with Crippen LogP contribution in [0.2, 0.25) is 5.28 Å². The number of hydrogen-bond acceptors (Lipinski definition) is 6. The van der Waals surface area contributed by atoms with Crippen molar-refractivity contribution in [2.45, 2.75) is 44.6 Å². The van der Waals surface area contributed by atoms with Gasteiger partial charge in [-0.1, -0.05) is 25.7 Å². The molecule has 1 aromatic rings. The molecule has 1 fully saturated rings. The molecule has 0 aromatic carbocycles. The first-order chi connectivity index (χ1) is 9.78. The first-order valence-electron chi connectivity index (χ1n) is 7.21. The Balaban J connectivity index is 1.71. The van der Waals surface area contributed by atoms with Crippen LogP contribution in [0.25, 0.3) is 0 Å². The first kappa shape index (κ1) is 15.3. The Morgan fingerprint density at radius 1 is 1.10 bits per heavy atom. The van der Waals surface area contributed by atoms with Gasteiger partial charge in [-0.05, 0) is 24.4 Å². The van der Waals surface area contributed by atoms with Crippen LogP contribution < -0.4 is 15.4 Å². The summed E-state index contributed by atoms with van der Waals surface area (Å²) >= 11 is 5.78. The van der Waals surface area contributed by atoms with Crippen molar-refractivity contribution < 1.29 is 4.74 Å². The summed E-state index contributed by atoms with van der Waals surface area (Å²) in [6.07, 6.45) is 7.99. The molecule has 0 amide bonds. The van der Waals surface area contributed by atoms with E-state index in [0.717, 1.165) is 13.1 Å². The van der Waals surface area contributed by atoms with Crippen LogP contribution in [0.3, 0.4) is 0 Å². The zero-order valence-corrected chi connectivity index (χ0v) is 12.6. The van der Waals surface area contributed by atoms with E-state index in [1.807, 2.05) is 0 Å². The lowest BCUT2D eigenvalue weighted by Gasteiger charge is -2.16. The summed E-state index contributed by atoms with van der Waals surface area (Å²) in [5.74, 6) is 0.449. The number of ether oxygens (including phenoxy) is 1. The Morgan fingerprint density at radius 2 is 1.85 bits per heavy atom. The van der Waals surface area contributed by atoms with Gasteiger partial charge in [0.05, 0.1) is 7.11 Å². The molecule has 0 bridgehead atoms. The van der Waals surface area contributed by atoms with E-state index in [9.17, 15) is 0 Å². The number of halogens is 1. The van der Waals surface area contributed by atoms with E-state index in [4.69, 9.17) is 16.3 Å². The number of hydrogen-bond donors (Lipinski definition) is 2. The zero-order valence-electron chi connectivity index (χ0n) is 11.9. The van der Waals surface area contributed by atoms with Crippen molar-refractivity contribution in [2.75, 3.05) is 25.5 Å². The fourth-order valence-electron chi connectivity index (χ4n) is 2.44. The number of anilines is 1. The molecule has 0 aliphatic heterocycles. The Labute approximate surface area is 124 Å². The maximum atomic E-state index is 5.78. The quantitative estimate of drug-likeness (QED) is 0.620. The lowest BCUT2D eigenvalue weighted by atomic mass is 10.1. The topological polar surface area (TPSA) is 72.0 Å². The SMILES string of the molecule is COc1nc(Cl)nc(NCCNC2CCCCCC2)n1. The average Bonchev–Trinajstić information content (AvgIpc) is 2.71. The number of nitrogens with zero attached hydrogens (tertiary/aromatic N) is 3. The fourth-order valence-corrected chi connectivity index (χ4v) is 2.59. The largest absolute Gasteiger partial charge is 0.467 e. The molecule has 0 saturated heterocycles. The fraction of sp³-hybridized carbons (Fsp3) is 0.769. The molecule has 1 aromatic heterocycles. The minimum Gasteiger partial charge on any atom is -0.467 e. The van der Waals surface area contributed by atoms with E-state index in [-0.39, 0.29) is 11.3 Å². The lowest BCUT2D eigenvalue weighted by Crippen LogP contribution is -2.32. The highest BCUT2D eigenvalue weighted by Gasteiger charge is 2.11. The van der Waals surface area contributed by atoms with Crippen LogP contribution in [0.15, 0.2) is 0 Å². The van der Waals surface area contributed by atoms with Crippen molar-refractivity contribution in [1.82, 2.24) is 20.3 Å². The molecule has 0 atom stereocenters. The Bertz CT molecular complexity index is 410. The number of nitrogens with one attached hydrogen (secondary N) is 2. The van der Waals surface area contributed by atoms with Crippen LogP contribution in [-0.4, -0.2) is 41.2 Å². The molecule has 7 heteroatoms. The van der Waals surface area contributed by atoms with Gasteiger partial charge in [0.2, 0.25) is 11.2 Å². The molecule has 0 unspecified atom stereocenters. The van der Waals surface area contributed by atoms with Gasteiger partial charge in [0.1, 0.15) is 0 Å². The molecule has 1 heterocycles. The third-order valence-electron chi connectivity index (χ3n) is 3.47. The number of methoxy groups -OCH3 is 1. The van der Waals surface area contributed by atoms with Crippen LogP contribution in [0.4, 0.5) is 5.95 Å². The summed E-state index contributed by atoms with van der Waals surface area (Å²) in [5, 5.41) is 6.84. The first-order valence-corrected chi connectivity index (χ1v) is 7.58. The summed E-state index contributed by atoms with van der Waals surface area (Å²) in [4.78, 5) is 11.9. The molecule has 2 rings (SSSR count). The summed E-state index contributed by atoms with van der Waals surface area (Å²) in [6, 6.07) is 0.875. The highest BCUT2D eigenvalue weighted by molar-refractivity contribution is 6.28. The maximum Gasteiger partial charge on any atom is 0.322 e. The molecule has 0 radical (unpaired) electrons. The van der Waals surface area contributed by atoms with Gasteiger partial charge in [0.25, 0.3) is 0 Å². The van der Waals surface area contributed by atoms with Crippen LogP contribution >= 0.6 is 11.6 Å². The minimum atomic E-state index is 0.135. The van der Waals surface area contributed by atoms with Gasteiger partial charge in [0.15, 0.2) is 0 Å². The van der Waals surface area contributed by atoms with Gasteiger partial charge in [-0.3, -0.25) is 0 Å². The molecule has 20 heavy (non-hydrogen) atoms. The third-order valence-corrected chi connectivity index (χ3v) is 3.64. The summed E-state index contributed by atoms with van der Waals surface area (Å²) in [5.41, 5.74) is 0. The summed E-state index contributed by atoms with van der Waals surface area (Å²) < 4.78 is 4.95. The van der Waals surface area contributed by atoms with Crippen molar-refractivity contribution in [3.63, 3.8) is 0 Å². The summed E-state index contributed by atoms with van der Waals surface area (Å²) in [7, 11) is 1.50. The van der Waals surface area contributed by atoms with Crippen LogP contribution in [-0.2, 0) is 0 Å². The molecule has 1 aliphatic carbocycles. The van der Waals surface area contributed by atoms with Gasteiger partial charge in [0, 0.05) is 19.1 Å². The number of rotatable bonds is 6. The Hall–Kier alpha value is -1.14. The van der Waals surface area contributed by atoms with E-state index in [1.54, 1.807) is 0 Å². The smallest absolute Gasteiger partial charge is 0.322 e. The molecular weight excluding hydrogens is 278 g/mol. The highest BCUT2D eigenvalue weighted by atomic mass is 35.5. The average molecular weight is 300 g/mol. The Kier molecular flexibility index (Phi) is 6.26. The van der Waals surface area contributed by atoms with E-state index in [0.29, 0.717) is 12.0 Å². The van der Waals surface area contributed by atoms with Crippen molar-refractivity contribution >= 4 is 17.5 Å². The predicted molar refractivity (Wildman–Crippen MR) is 79.4 cm³/mol. The van der Waals surface area contributed by atoms with Gasteiger partial charge in [-0.25, -0.2) is 0 Å². The van der Waals surface area contributed by atoms with Crippen molar-refractivity contribution in [3.05, 3.63) is 5.28 Å². The predicted octanol–water partition coefficient (Wildman–Crippen LogP) is 2.26. The molecule has 0 spiro atoms. The van der Waals surface area contributed by atoms with Crippen molar-refractivity contribution in [1.29, 1.82) is 0 Å². The van der Waals surface area contributed by atoms with Gasteiger partial charge in [-0.2, -0.15) is 15.0 Å². The van der Waals surface area contributed by atoms with Crippen LogP contribution in [0.1, 0.15) is 38.5 Å². The van der Waals surface area contributed by atoms with Gasteiger partial charge < -0.3 is 15.4 Å². The van der Waals surface area contributed by atoms with E-state index < -0.39 is 0 Å². The molecule has 1 aliphatic rings. The van der Waals surface area contributed by atoms with Crippen LogP contribution in [0, 0.1) is 0 Å². The maximum absolute atomic E-state index is 5.78. The van der Waals surface area contributed by atoms with Gasteiger partial charge >= 0.3 is 6.01 Å². The van der Waals surface area contributed by atoms with Crippen molar-refractivity contribution in [2.24, 2.45) is 0 Å². The zero-order chi connectivity index (χ0) is 14.2. The molecule has 6 nitrogen and oxygen atoms in total. The normalized spacial score (nSPS) is 16.7. The van der Waals surface area contributed by atoms with E-state index >= 15 is 0 Å². The molecule has 112 valence electrons. The van der Waals surface area contributed by atoms with Crippen molar-refractivity contribution in [3.8, 4) is 6.01 Å². The standard InChI is InChI=1S/C13H22ClN5O/c1-20-13-18-11(14)17-12(19-13)16-9-8-15-10-6-4-2-3-5-7-10/h10,15H,2-9H2,1H3,(H,16,17,18,19). The van der Waals surface area contributed by atoms with Gasteiger partial charge in [-0.15, -0.1) is 0 Å². The van der Waals surface area contributed by atoms with Crippen LogP contribution in [0.5, 0.6) is 6.01 Å². The monoisotopic (exact) mass is 299 g/mol. The minimum absolute atomic E-state index is 0.135. The van der Waals surface area contributed by atoms with E-state index in [2.05, 4.69) is 25.6 Å². The molecule has 2 N–H and O–H groups in total. The summed E-state index contributed by atoms with van der Waals surface area (Å²) in [6.45, 7) is 1.64. The lowest BCUT2D eigenvalue weighted by molar-refractivity contribution is 0.378. The second-order valence-electron chi connectivity index (χ2n) is 4.98. The second-order valence-corrected chi connectivity index (χ2v) is 5.32. The van der Waals surface area contributed by atoms with E-state index in [1.165, 1.54) is 45.6 Å². The number of aromatic nitrogens is 3. The molecular formula is C13H22ClN5O.